The van der Waals surface area contributed by atoms with Crippen LogP contribution in [0.3, 0.4) is 0 Å². The molecule has 1 aliphatic heterocycles. The van der Waals surface area contributed by atoms with Crippen LogP contribution >= 0.6 is 0 Å². The Morgan fingerprint density at radius 3 is 2.87 bits per heavy atom. The molecule has 0 fully saturated rings. The zero-order chi connectivity index (χ0) is 10.4. The third-order valence-corrected chi connectivity index (χ3v) is 3.14. The first-order chi connectivity index (χ1) is 7.24. The topological polar surface area (TPSA) is 62.3 Å². The Morgan fingerprint density at radius 1 is 1.20 bits per heavy atom. The number of H-pyrrole nitrogens is 1. The lowest BCUT2D eigenvalue weighted by molar-refractivity contribution is 0.690. The SMILES string of the molecule is O=c1ccc2ccc3c(c2[nH]1)=CS(=O)N=3. The van der Waals surface area contributed by atoms with E-state index >= 15 is 0 Å². The molecule has 1 aromatic heterocycles. The molecule has 0 aliphatic carbocycles. The van der Waals surface area contributed by atoms with Gasteiger partial charge in [-0.3, -0.25) is 4.79 Å². The standard InChI is InChI=1S/C10H6N2O2S/c13-9-4-2-6-1-3-8-7(10(6)11-9)5-15(14)12-8/h1-5H,(H,11,13). The van der Waals surface area contributed by atoms with Crippen molar-refractivity contribution in [3.63, 3.8) is 0 Å². The van der Waals surface area contributed by atoms with Crippen LogP contribution in [-0.4, -0.2) is 9.19 Å². The second-order valence-electron chi connectivity index (χ2n) is 3.27. The molecule has 0 amide bonds. The van der Waals surface area contributed by atoms with Crippen LogP contribution in [0.1, 0.15) is 0 Å². The molecular weight excluding hydrogens is 212 g/mol. The van der Waals surface area contributed by atoms with Gasteiger partial charge in [0.15, 0.2) is 11.0 Å². The maximum atomic E-state index is 11.2. The number of pyridine rings is 1. The van der Waals surface area contributed by atoms with E-state index in [2.05, 4.69) is 9.38 Å². The van der Waals surface area contributed by atoms with E-state index in [4.69, 9.17) is 0 Å². The summed E-state index contributed by atoms with van der Waals surface area (Å²) in [5.41, 5.74) is 0.539. The fourth-order valence-electron chi connectivity index (χ4n) is 1.66. The molecule has 4 nitrogen and oxygen atoms in total. The number of hydrogen-bond acceptors (Lipinski definition) is 2. The molecule has 0 radical (unpaired) electrons. The van der Waals surface area contributed by atoms with E-state index in [1.807, 2.05) is 6.07 Å². The van der Waals surface area contributed by atoms with Gasteiger partial charge in [0.25, 0.3) is 0 Å². The normalized spacial score (nSPS) is 18.3. The van der Waals surface area contributed by atoms with E-state index in [1.54, 1.807) is 17.5 Å². The molecule has 2 heterocycles. The van der Waals surface area contributed by atoms with Crippen LogP contribution in [0.2, 0.25) is 0 Å². The van der Waals surface area contributed by atoms with Crippen molar-refractivity contribution in [3.8, 4) is 0 Å². The number of benzene rings is 1. The third kappa shape index (κ3) is 1.24. The van der Waals surface area contributed by atoms with Crippen LogP contribution in [0.15, 0.2) is 33.5 Å². The molecule has 3 rings (SSSR count). The highest BCUT2D eigenvalue weighted by atomic mass is 32.2. The summed E-state index contributed by atoms with van der Waals surface area (Å²) >= 11 is 0. The lowest BCUT2D eigenvalue weighted by Crippen LogP contribution is -2.24. The average molecular weight is 218 g/mol. The van der Waals surface area contributed by atoms with E-state index in [0.29, 0.717) is 10.9 Å². The van der Waals surface area contributed by atoms with Crippen LogP contribution in [0.5, 0.6) is 0 Å². The molecule has 74 valence electrons. The van der Waals surface area contributed by atoms with Gasteiger partial charge in [-0.25, -0.2) is 4.21 Å². The van der Waals surface area contributed by atoms with Crippen LogP contribution in [0, 0.1) is 0 Å². The zero-order valence-electron chi connectivity index (χ0n) is 7.56. The molecule has 2 aromatic rings. The monoisotopic (exact) mass is 218 g/mol. The summed E-state index contributed by atoms with van der Waals surface area (Å²) in [5.74, 6) is 0. The van der Waals surface area contributed by atoms with E-state index in [-0.39, 0.29) is 5.56 Å². The Bertz CT molecular complexity index is 761. The minimum Gasteiger partial charge on any atom is -0.321 e. The number of nitrogens with zero attached hydrogens (tertiary/aromatic N) is 1. The first-order valence-electron chi connectivity index (χ1n) is 4.37. The second-order valence-corrected chi connectivity index (χ2v) is 4.24. The number of aromatic nitrogens is 1. The molecule has 0 spiro atoms. The molecular formula is C10H6N2O2S. The zero-order valence-corrected chi connectivity index (χ0v) is 8.38. The van der Waals surface area contributed by atoms with Crippen LogP contribution < -0.4 is 16.1 Å². The van der Waals surface area contributed by atoms with Gasteiger partial charge in [0.2, 0.25) is 5.56 Å². The molecule has 0 saturated carbocycles. The van der Waals surface area contributed by atoms with Crippen molar-refractivity contribution in [2.45, 2.75) is 0 Å². The number of aromatic amines is 1. The van der Waals surface area contributed by atoms with E-state index in [9.17, 15) is 9.00 Å². The van der Waals surface area contributed by atoms with E-state index < -0.39 is 11.0 Å². The van der Waals surface area contributed by atoms with Crippen LogP contribution in [0.4, 0.5) is 0 Å². The number of nitrogens with one attached hydrogen (secondary N) is 1. The molecule has 5 heteroatoms. The molecule has 0 saturated heterocycles. The summed E-state index contributed by atoms with van der Waals surface area (Å²) in [4.78, 5) is 13.9. The largest absolute Gasteiger partial charge is 0.321 e. The highest BCUT2D eigenvalue weighted by Crippen LogP contribution is 2.03. The van der Waals surface area contributed by atoms with E-state index in [0.717, 1.165) is 10.6 Å². The molecule has 1 unspecified atom stereocenters. The highest BCUT2D eigenvalue weighted by molar-refractivity contribution is 7.91. The van der Waals surface area contributed by atoms with Gasteiger partial charge in [-0.15, -0.1) is 0 Å². The Labute approximate surface area is 86.6 Å². The number of hydrogen-bond donors (Lipinski definition) is 1. The van der Waals surface area contributed by atoms with Gasteiger partial charge in [0.1, 0.15) is 0 Å². The Morgan fingerprint density at radius 2 is 2.00 bits per heavy atom. The van der Waals surface area contributed by atoms with Gasteiger partial charge in [0, 0.05) is 16.7 Å². The van der Waals surface area contributed by atoms with Gasteiger partial charge in [0.05, 0.1) is 10.9 Å². The average Bonchev–Trinajstić information content (AvgIpc) is 2.58. The molecule has 1 atom stereocenters. The summed E-state index contributed by atoms with van der Waals surface area (Å²) in [6.45, 7) is 0. The maximum Gasteiger partial charge on any atom is 0.248 e. The van der Waals surface area contributed by atoms with Crippen molar-refractivity contribution in [2.75, 3.05) is 0 Å². The van der Waals surface area contributed by atoms with Crippen molar-refractivity contribution >= 4 is 27.3 Å². The summed E-state index contributed by atoms with van der Waals surface area (Å²) in [6, 6.07) is 6.86. The van der Waals surface area contributed by atoms with E-state index in [1.165, 1.54) is 6.07 Å². The minimum absolute atomic E-state index is 0.165. The summed E-state index contributed by atoms with van der Waals surface area (Å²) in [7, 11) is -1.30. The highest BCUT2D eigenvalue weighted by Gasteiger charge is 2.05. The number of rotatable bonds is 0. The lowest BCUT2D eigenvalue weighted by atomic mass is 10.2. The van der Waals surface area contributed by atoms with Gasteiger partial charge >= 0.3 is 0 Å². The molecule has 15 heavy (non-hydrogen) atoms. The first-order valence-corrected chi connectivity index (χ1v) is 5.54. The van der Waals surface area contributed by atoms with Crippen LogP contribution in [0.25, 0.3) is 16.3 Å². The quantitative estimate of drug-likeness (QED) is 0.651. The number of fused-ring (bicyclic) bond motifs is 3. The fraction of sp³-hybridized carbons (Fsp3) is 0. The van der Waals surface area contributed by atoms with Crippen molar-refractivity contribution in [3.05, 3.63) is 45.2 Å². The third-order valence-electron chi connectivity index (χ3n) is 2.32. The van der Waals surface area contributed by atoms with Crippen LogP contribution in [-0.2, 0) is 11.0 Å². The lowest BCUT2D eigenvalue weighted by Gasteiger charge is -1.95. The van der Waals surface area contributed by atoms with Crippen molar-refractivity contribution in [1.29, 1.82) is 0 Å². The Kier molecular flexibility index (Phi) is 1.63. The van der Waals surface area contributed by atoms with Crippen molar-refractivity contribution < 1.29 is 4.21 Å². The van der Waals surface area contributed by atoms with Gasteiger partial charge < -0.3 is 4.98 Å². The Hall–Kier alpha value is -1.75. The van der Waals surface area contributed by atoms with Crippen molar-refractivity contribution in [1.82, 2.24) is 4.98 Å². The van der Waals surface area contributed by atoms with Gasteiger partial charge in [-0.05, 0) is 17.5 Å². The first kappa shape index (κ1) is 8.55. The predicted molar refractivity (Wildman–Crippen MR) is 58.0 cm³/mol. The minimum atomic E-state index is -1.30. The molecule has 1 aromatic carbocycles. The second kappa shape index (κ2) is 2.87. The van der Waals surface area contributed by atoms with Gasteiger partial charge in [-0.1, -0.05) is 6.07 Å². The Balaban J connectivity index is 2.67. The smallest absolute Gasteiger partial charge is 0.248 e. The summed E-state index contributed by atoms with van der Waals surface area (Å²) in [6.07, 6.45) is 0. The fourth-order valence-corrected chi connectivity index (χ4v) is 2.50. The van der Waals surface area contributed by atoms with Gasteiger partial charge in [-0.2, -0.15) is 4.40 Å². The maximum absolute atomic E-state index is 11.2. The molecule has 1 N–H and O–H groups in total. The summed E-state index contributed by atoms with van der Waals surface area (Å²) in [5, 5.41) is 3.89. The predicted octanol–water partition coefficient (Wildman–Crippen LogP) is -0.437. The summed E-state index contributed by atoms with van der Waals surface area (Å²) < 4.78 is 15.2. The molecule has 0 bridgehead atoms. The molecule has 1 aliphatic rings. The van der Waals surface area contributed by atoms with Crippen molar-refractivity contribution in [2.24, 2.45) is 4.40 Å².